The molecule has 0 saturated carbocycles. The number of fused-ring (bicyclic) bond motifs is 1. The van der Waals surface area contributed by atoms with E-state index in [0.29, 0.717) is 6.61 Å². The van der Waals surface area contributed by atoms with Crippen LogP contribution >= 0.6 is 12.4 Å². The minimum atomic E-state index is -0.0115. The quantitative estimate of drug-likeness (QED) is 0.908. The fourth-order valence-corrected chi connectivity index (χ4v) is 2.01. The van der Waals surface area contributed by atoms with Crippen LogP contribution in [0.5, 0.6) is 5.75 Å². The van der Waals surface area contributed by atoms with Gasteiger partial charge in [0, 0.05) is 23.6 Å². The van der Waals surface area contributed by atoms with E-state index in [4.69, 9.17) is 15.0 Å². The highest BCUT2D eigenvalue weighted by Crippen LogP contribution is 2.34. The molecule has 2 heterocycles. The Bertz CT molecular complexity index is 554. The van der Waals surface area contributed by atoms with E-state index in [-0.39, 0.29) is 18.4 Å². The van der Waals surface area contributed by atoms with E-state index in [1.54, 1.807) is 0 Å². The van der Waals surface area contributed by atoms with Crippen LogP contribution in [0.4, 0.5) is 0 Å². The first-order chi connectivity index (χ1) is 8.28. The van der Waals surface area contributed by atoms with E-state index in [0.717, 1.165) is 34.8 Å². The standard InChI is InChI=1S/C13H14N2O2.ClH/c1-2-9-6-12(15-17-9)8-3-4-10-11(14)7-16-13(10)5-8;/h3-6,11H,2,7,14H2,1H3;1H/t11-;/m1./s1. The molecule has 1 aromatic heterocycles. The summed E-state index contributed by atoms with van der Waals surface area (Å²) >= 11 is 0. The van der Waals surface area contributed by atoms with Gasteiger partial charge in [-0.05, 0) is 6.07 Å². The number of hydrogen-bond donors (Lipinski definition) is 1. The second-order valence-corrected chi connectivity index (χ2v) is 4.20. The van der Waals surface area contributed by atoms with E-state index in [1.807, 2.05) is 31.2 Å². The average molecular weight is 267 g/mol. The molecule has 0 aliphatic carbocycles. The van der Waals surface area contributed by atoms with Gasteiger partial charge in [-0.2, -0.15) is 0 Å². The highest BCUT2D eigenvalue weighted by atomic mass is 35.5. The fourth-order valence-electron chi connectivity index (χ4n) is 2.01. The van der Waals surface area contributed by atoms with Crippen molar-refractivity contribution >= 4 is 12.4 Å². The molecule has 0 bridgehead atoms. The second kappa shape index (κ2) is 5.00. The van der Waals surface area contributed by atoms with Gasteiger partial charge in [0.15, 0.2) is 0 Å². The lowest BCUT2D eigenvalue weighted by molar-refractivity contribution is 0.333. The molecule has 4 nitrogen and oxygen atoms in total. The normalized spacial score (nSPS) is 16.9. The summed E-state index contributed by atoms with van der Waals surface area (Å²) < 4.78 is 10.7. The summed E-state index contributed by atoms with van der Waals surface area (Å²) in [5, 5.41) is 4.04. The van der Waals surface area contributed by atoms with Gasteiger partial charge in [0.1, 0.15) is 23.8 Å². The number of nitrogens with two attached hydrogens (primary N) is 1. The maximum atomic E-state index is 5.90. The number of benzene rings is 1. The first-order valence-electron chi connectivity index (χ1n) is 5.76. The summed E-state index contributed by atoms with van der Waals surface area (Å²) in [6, 6.07) is 7.92. The Morgan fingerprint density at radius 2 is 2.22 bits per heavy atom. The average Bonchev–Trinajstić information content (AvgIpc) is 2.96. The molecule has 1 aliphatic rings. The Hall–Kier alpha value is -1.52. The van der Waals surface area contributed by atoms with Gasteiger partial charge in [-0.1, -0.05) is 24.2 Å². The van der Waals surface area contributed by atoms with Crippen LogP contribution < -0.4 is 10.5 Å². The van der Waals surface area contributed by atoms with E-state index in [1.165, 1.54) is 0 Å². The molecule has 1 atom stereocenters. The first-order valence-corrected chi connectivity index (χ1v) is 5.76. The monoisotopic (exact) mass is 266 g/mol. The lowest BCUT2D eigenvalue weighted by atomic mass is 10.0. The van der Waals surface area contributed by atoms with Crippen molar-refractivity contribution in [1.29, 1.82) is 0 Å². The molecule has 1 aromatic carbocycles. The van der Waals surface area contributed by atoms with Crippen molar-refractivity contribution in [2.45, 2.75) is 19.4 Å². The van der Waals surface area contributed by atoms with E-state index in [2.05, 4.69) is 5.16 Å². The van der Waals surface area contributed by atoms with Gasteiger partial charge in [-0.15, -0.1) is 12.4 Å². The lowest BCUT2D eigenvalue weighted by Crippen LogP contribution is -2.10. The minimum absolute atomic E-state index is 0. The van der Waals surface area contributed by atoms with E-state index in [9.17, 15) is 0 Å². The van der Waals surface area contributed by atoms with Crippen molar-refractivity contribution in [1.82, 2.24) is 5.16 Å². The molecule has 96 valence electrons. The smallest absolute Gasteiger partial charge is 0.137 e. The Morgan fingerprint density at radius 1 is 1.39 bits per heavy atom. The van der Waals surface area contributed by atoms with Crippen LogP contribution in [0.15, 0.2) is 28.8 Å². The number of aryl methyl sites for hydroxylation is 1. The van der Waals surface area contributed by atoms with Crippen LogP contribution in [0.25, 0.3) is 11.3 Å². The SMILES string of the molecule is CCc1cc(-c2ccc3c(c2)OC[C@H]3N)no1.Cl. The molecule has 0 radical (unpaired) electrons. The summed E-state index contributed by atoms with van der Waals surface area (Å²) in [5.74, 6) is 1.74. The number of ether oxygens (including phenoxy) is 1. The van der Waals surface area contributed by atoms with E-state index >= 15 is 0 Å². The summed E-state index contributed by atoms with van der Waals surface area (Å²) in [6.07, 6.45) is 0.847. The zero-order valence-corrected chi connectivity index (χ0v) is 10.9. The van der Waals surface area contributed by atoms with Gasteiger partial charge in [0.2, 0.25) is 0 Å². The predicted octanol–water partition coefficient (Wildman–Crippen LogP) is 2.72. The summed E-state index contributed by atoms with van der Waals surface area (Å²) in [7, 11) is 0. The summed E-state index contributed by atoms with van der Waals surface area (Å²) in [4.78, 5) is 0. The van der Waals surface area contributed by atoms with Gasteiger partial charge in [-0.3, -0.25) is 0 Å². The molecule has 2 N–H and O–H groups in total. The van der Waals surface area contributed by atoms with Crippen molar-refractivity contribution < 1.29 is 9.26 Å². The van der Waals surface area contributed by atoms with Crippen LogP contribution in [0, 0.1) is 0 Å². The maximum absolute atomic E-state index is 5.90. The Labute approximate surface area is 112 Å². The number of hydrogen-bond acceptors (Lipinski definition) is 4. The molecule has 0 saturated heterocycles. The van der Waals surface area contributed by atoms with Crippen molar-refractivity contribution in [3.05, 3.63) is 35.6 Å². The maximum Gasteiger partial charge on any atom is 0.137 e. The van der Waals surface area contributed by atoms with Crippen molar-refractivity contribution in [2.24, 2.45) is 5.73 Å². The van der Waals surface area contributed by atoms with Gasteiger partial charge in [-0.25, -0.2) is 0 Å². The topological polar surface area (TPSA) is 61.3 Å². The van der Waals surface area contributed by atoms with Crippen LogP contribution in [0.3, 0.4) is 0 Å². The Morgan fingerprint density at radius 3 is 2.94 bits per heavy atom. The van der Waals surface area contributed by atoms with Crippen molar-refractivity contribution in [2.75, 3.05) is 6.61 Å². The van der Waals surface area contributed by atoms with Gasteiger partial charge < -0.3 is 15.0 Å². The number of halogens is 1. The van der Waals surface area contributed by atoms with Crippen molar-refractivity contribution in [3.63, 3.8) is 0 Å². The van der Waals surface area contributed by atoms with Gasteiger partial charge in [0.05, 0.1) is 6.04 Å². The van der Waals surface area contributed by atoms with Gasteiger partial charge in [0.25, 0.3) is 0 Å². The van der Waals surface area contributed by atoms with Crippen LogP contribution in [0.1, 0.15) is 24.3 Å². The molecule has 5 heteroatoms. The zero-order chi connectivity index (χ0) is 11.8. The van der Waals surface area contributed by atoms with Crippen molar-refractivity contribution in [3.8, 4) is 17.0 Å². The third-order valence-electron chi connectivity index (χ3n) is 3.03. The summed E-state index contributed by atoms with van der Waals surface area (Å²) in [5.41, 5.74) is 8.81. The third-order valence-corrected chi connectivity index (χ3v) is 3.03. The predicted molar refractivity (Wildman–Crippen MR) is 71.0 cm³/mol. The van der Waals surface area contributed by atoms with Crippen LogP contribution in [-0.2, 0) is 6.42 Å². The highest BCUT2D eigenvalue weighted by Gasteiger charge is 2.21. The molecule has 0 unspecified atom stereocenters. The highest BCUT2D eigenvalue weighted by molar-refractivity contribution is 5.85. The molecule has 2 aromatic rings. The first kappa shape index (κ1) is 12.9. The summed E-state index contributed by atoms with van der Waals surface area (Å²) in [6.45, 7) is 2.59. The third kappa shape index (κ3) is 2.09. The Kier molecular flexibility index (Phi) is 3.59. The van der Waals surface area contributed by atoms with Gasteiger partial charge >= 0.3 is 0 Å². The molecular weight excluding hydrogens is 252 g/mol. The number of rotatable bonds is 2. The molecule has 1 aliphatic heterocycles. The largest absolute Gasteiger partial charge is 0.491 e. The number of nitrogens with zero attached hydrogens (tertiary/aromatic N) is 1. The molecule has 0 amide bonds. The molecular formula is C13H15ClN2O2. The minimum Gasteiger partial charge on any atom is -0.491 e. The molecule has 18 heavy (non-hydrogen) atoms. The van der Waals surface area contributed by atoms with Crippen LogP contribution in [-0.4, -0.2) is 11.8 Å². The lowest BCUT2D eigenvalue weighted by Gasteiger charge is -2.02. The second-order valence-electron chi connectivity index (χ2n) is 4.20. The molecule has 3 rings (SSSR count). The molecule has 0 spiro atoms. The van der Waals surface area contributed by atoms with Crippen LogP contribution in [0.2, 0.25) is 0 Å². The fraction of sp³-hybridized carbons (Fsp3) is 0.308. The number of aromatic nitrogens is 1. The Balaban J connectivity index is 0.00000120. The zero-order valence-electron chi connectivity index (χ0n) is 10.1. The van der Waals surface area contributed by atoms with E-state index < -0.39 is 0 Å². The molecule has 0 fully saturated rings.